The molecule has 0 saturated heterocycles. The summed E-state index contributed by atoms with van der Waals surface area (Å²) in [5, 5.41) is 11.0. The molecule has 1 aromatic rings. The van der Waals surface area contributed by atoms with Crippen molar-refractivity contribution in [2.24, 2.45) is 16.7 Å². The minimum Gasteiger partial charge on any atom is -0.388 e. The van der Waals surface area contributed by atoms with Crippen molar-refractivity contribution in [3.63, 3.8) is 0 Å². The molecule has 0 aliphatic heterocycles. The van der Waals surface area contributed by atoms with Crippen molar-refractivity contribution < 1.29 is 9.90 Å². The summed E-state index contributed by atoms with van der Waals surface area (Å²) in [5.41, 5.74) is 1.03. The van der Waals surface area contributed by atoms with Crippen LogP contribution in [0, 0.1) is 16.7 Å². The minimum atomic E-state index is -0.411. The summed E-state index contributed by atoms with van der Waals surface area (Å²) in [6.07, 6.45) is 5.65. The maximum absolute atomic E-state index is 12.7. The van der Waals surface area contributed by atoms with Crippen LogP contribution in [-0.4, -0.2) is 21.9 Å². The van der Waals surface area contributed by atoms with Crippen LogP contribution in [0.5, 0.6) is 0 Å². The largest absolute Gasteiger partial charge is 0.388 e. The smallest absolute Gasteiger partial charge is 0.140 e. The number of hydrogen-bond donors (Lipinski definition) is 1. The van der Waals surface area contributed by atoms with E-state index >= 15 is 0 Å². The number of fused-ring (bicyclic) bond motifs is 2. The van der Waals surface area contributed by atoms with Gasteiger partial charge in [-0.3, -0.25) is 4.79 Å². The Morgan fingerprint density at radius 1 is 1.28 bits per heavy atom. The van der Waals surface area contributed by atoms with Crippen LogP contribution in [0.2, 0.25) is 0 Å². The molecule has 3 heteroatoms. The molecule has 0 heterocycles. The number of aliphatic hydroxyl groups excluding tert-OH is 1. The summed E-state index contributed by atoms with van der Waals surface area (Å²) in [7, 11) is 0. The highest BCUT2D eigenvalue weighted by molar-refractivity contribution is 7.99. The van der Waals surface area contributed by atoms with E-state index in [2.05, 4.69) is 20.8 Å². The third-order valence-corrected chi connectivity index (χ3v) is 8.54. The van der Waals surface area contributed by atoms with Gasteiger partial charge in [-0.2, -0.15) is 11.8 Å². The number of ketones is 1. The first kappa shape index (κ1) is 19.0. The van der Waals surface area contributed by atoms with E-state index in [9.17, 15) is 9.90 Å². The Labute approximate surface area is 156 Å². The number of benzene rings is 1. The maximum Gasteiger partial charge on any atom is 0.140 e. The molecule has 25 heavy (non-hydrogen) atoms. The highest BCUT2D eigenvalue weighted by atomic mass is 32.2. The molecule has 2 fully saturated rings. The quantitative estimate of drug-likeness (QED) is 0.674. The van der Waals surface area contributed by atoms with Gasteiger partial charge in [0.2, 0.25) is 0 Å². The molecule has 4 atom stereocenters. The average molecular weight is 361 g/mol. The Kier molecular flexibility index (Phi) is 5.65. The Morgan fingerprint density at radius 3 is 2.56 bits per heavy atom. The molecule has 0 amide bonds. The van der Waals surface area contributed by atoms with E-state index in [0.717, 1.165) is 43.4 Å². The van der Waals surface area contributed by atoms with Crippen LogP contribution in [0.1, 0.15) is 71.0 Å². The summed E-state index contributed by atoms with van der Waals surface area (Å²) in [4.78, 5) is 12.7. The molecule has 3 rings (SSSR count). The maximum atomic E-state index is 12.7. The van der Waals surface area contributed by atoms with Gasteiger partial charge in [-0.1, -0.05) is 57.5 Å². The lowest BCUT2D eigenvalue weighted by atomic mass is 9.70. The van der Waals surface area contributed by atoms with Crippen LogP contribution in [0.4, 0.5) is 0 Å². The lowest BCUT2D eigenvalue weighted by molar-refractivity contribution is -0.127. The molecule has 2 bridgehead atoms. The van der Waals surface area contributed by atoms with Gasteiger partial charge in [0, 0.05) is 22.8 Å². The molecular formula is C22H32O2S. The molecule has 1 N–H and O–H groups in total. The monoisotopic (exact) mass is 360 g/mol. The molecule has 0 unspecified atom stereocenters. The van der Waals surface area contributed by atoms with Crippen molar-refractivity contribution in [2.45, 2.75) is 70.7 Å². The van der Waals surface area contributed by atoms with Gasteiger partial charge < -0.3 is 5.11 Å². The number of carbonyl (C=O) groups is 1. The second kappa shape index (κ2) is 7.44. The summed E-state index contributed by atoms with van der Waals surface area (Å²) in [6.45, 7) is 6.82. The van der Waals surface area contributed by atoms with Crippen LogP contribution in [0.3, 0.4) is 0 Å². The van der Waals surface area contributed by atoms with E-state index in [-0.39, 0.29) is 10.8 Å². The summed E-state index contributed by atoms with van der Waals surface area (Å²) in [6, 6.07) is 9.96. The van der Waals surface area contributed by atoms with Gasteiger partial charge in [-0.05, 0) is 42.6 Å². The van der Waals surface area contributed by atoms with Crippen LogP contribution < -0.4 is 0 Å². The first-order valence-corrected chi connectivity index (χ1v) is 10.8. The highest BCUT2D eigenvalue weighted by Gasteiger charge is 2.63. The standard InChI is InChI=1S/C22H32O2S/c1-4-8-18(14-19(23)16-9-6-5-7-10-16)25-15-22-12-11-17(13-20(22)24)21(22,2)3/h5-7,9-10,17-19,23H,4,8,11-15H2,1-3H3/t17-,18+,19-,22-/m1/s1. The number of aliphatic hydroxyl groups is 1. The number of thioether (sulfide) groups is 1. The fourth-order valence-electron chi connectivity index (χ4n) is 5.02. The number of rotatable bonds is 8. The van der Waals surface area contributed by atoms with Crippen LogP contribution >= 0.6 is 11.8 Å². The van der Waals surface area contributed by atoms with Gasteiger partial charge in [0.25, 0.3) is 0 Å². The third kappa shape index (κ3) is 3.42. The summed E-state index contributed by atoms with van der Waals surface area (Å²) in [5.74, 6) is 2.02. The Hall–Kier alpha value is -0.800. The van der Waals surface area contributed by atoms with Crippen LogP contribution in [0.15, 0.2) is 30.3 Å². The molecule has 2 aliphatic rings. The molecule has 0 radical (unpaired) electrons. The Morgan fingerprint density at radius 2 is 2.00 bits per heavy atom. The summed E-state index contributed by atoms with van der Waals surface area (Å²) < 4.78 is 0. The Balaban J connectivity index is 1.65. The number of hydrogen-bond acceptors (Lipinski definition) is 3. The van der Waals surface area contributed by atoms with Crippen molar-refractivity contribution in [1.29, 1.82) is 0 Å². The van der Waals surface area contributed by atoms with E-state index in [1.54, 1.807) is 0 Å². The fraction of sp³-hybridized carbons (Fsp3) is 0.682. The van der Waals surface area contributed by atoms with Gasteiger partial charge >= 0.3 is 0 Å². The SMILES string of the molecule is CCC[C@@H](C[C@@H](O)c1ccccc1)SC[C@]12CC[C@H](CC1=O)C2(C)C. The van der Waals surface area contributed by atoms with E-state index in [4.69, 9.17) is 0 Å². The number of Topliss-reactive ketones (excluding diaryl/α,β-unsaturated/α-hetero) is 1. The molecular weight excluding hydrogens is 328 g/mol. The third-order valence-electron chi connectivity index (χ3n) is 6.99. The van der Waals surface area contributed by atoms with Gasteiger partial charge in [0.05, 0.1) is 6.10 Å². The van der Waals surface area contributed by atoms with Crippen LogP contribution in [0.25, 0.3) is 0 Å². The predicted molar refractivity (Wildman–Crippen MR) is 106 cm³/mol. The lowest BCUT2D eigenvalue weighted by Crippen LogP contribution is -2.38. The van der Waals surface area contributed by atoms with Gasteiger partial charge in [0.15, 0.2) is 0 Å². The fourth-order valence-corrected chi connectivity index (χ4v) is 6.94. The van der Waals surface area contributed by atoms with Crippen molar-refractivity contribution in [1.82, 2.24) is 0 Å². The highest BCUT2D eigenvalue weighted by Crippen LogP contribution is 2.65. The van der Waals surface area contributed by atoms with E-state index in [0.29, 0.717) is 17.0 Å². The van der Waals surface area contributed by atoms with Gasteiger partial charge in [-0.15, -0.1) is 0 Å². The first-order chi connectivity index (χ1) is 11.9. The van der Waals surface area contributed by atoms with Crippen molar-refractivity contribution in [3.05, 3.63) is 35.9 Å². The molecule has 2 saturated carbocycles. The molecule has 0 aromatic heterocycles. The van der Waals surface area contributed by atoms with Gasteiger partial charge in [0.1, 0.15) is 5.78 Å². The van der Waals surface area contributed by atoms with E-state index in [1.165, 1.54) is 6.42 Å². The van der Waals surface area contributed by atoms with Crippen LogP contribution in [-0.2, 0) is 4.79 Å². The zero-order valence-corrected chi connectivity index (χ0v) is 16.6. The molecule has 0 spiro atoms. The number of carbonyl (C=O) groups excluding carboxylic acids is 1. The molecule has 1 aromatic carbocycles. The summed E-state index contributed by atoms with van der Waals surface area (Å²) >= 11 is 1.94. The minimum absolute atomic E-state index is 0.119. The van der Waals surface area contributed by atoms with Crippen molar-refractivity contribution in [2.75, 3.05) is 5.75 Å². The van der Waals surface area contributed by atoms with Crippen molar-refractivity contribution in [3.8, 4) is 0 Å². The topological polar surface area (TPSA) is 37.3 Å². The molecule has 2 nitrogen and oxygen atoms in total. The van der Waals surface area contributed by atoms with E-state index in [1.807, 2.05) is 42.1 Å². The van der Waals surface area contributed by atoms with E-state index < -0.39 is 6.10 Å². The Bertz CT molecular complexity index is 597. The molecule has 2 aliphatic carbocycles. The zero-order valence-electron chi connectivity index (χ0n) is 15.8. The first-order valence-electron chi connectivity index (χ1n) is 9.78. The normalized spacial score (nSPS) is 29.8. The second-order valence-electron chi connectivity index (χ2n) is 8.55. The molecule has 138 valence electrons. The second-order valence-corrected chi connectivity index (χ2v) is 9.84. The van der Waals surface area contributed by atoms with Crippen molar-refractivity contribution >= 4 is 17.5 Å². The predicted octanol–water partition coefficient (Wildman–Crippen LogP) is 5.41. The lowest BCUT2D eigenvalue weighted by Gasteiger charge is -2.37. The zero-order chi connectivity index (χ0) is 18.1. The van der Waals surface area contributed by atoms with Gasteiger partial charge in [-0.25, -0.2) is 0 Å². The average Bonchev–Trinajstić information content (AvgIpc) is 2.95.